The predicted octanol–water partition coefficient (Wildman–Crippen LogP) is 0.979. The highest BCUT2D eigenvalue weighted by Crippen LogP contribution is 2.19. The molecule has 0 aromatic heterocycles. The predicted molar refractivity (Wildman–Crippen MR) is 62.3 cm³/mol. The van der Waals surface area contributed by atoms with Crippen molar-refractivity contribution in [1.29, 1.82) is 5.26 Å². The fourth-order valence-corrected chi connectivity index (χ4v) is 2.28. The summed E-state index contributed by atoms with van der Waals surface area (Å²) < 4.78 is 0. The van der Waals surface area contributed by atoms with Crippen LogP contribution in [0, 0.1) is 29.1 Å². The largest absolute Gasteiger partial charge is 0.369 e. The molecule has 1 aliphatic rings. The van der Waals surface area contributed by atoms with Crippen LogP contribution in [0.3, 0.4) is 0 Å². The molecule has 0 aromatic carbocycles. The summed E-state index contributed by atoms with van der Waals surface area (Å²) in [4.78, 5) is 13.2. The molecule has 1 saturated heterocycles. The van der Waals surface area contributed by atoms with E-state index < -0.39 is 0 Å². The molecular weight excluding hydrogens is 202 g/mol. The zero-order valence-electron chi connectivity index (χ0n) is 10.1. The zero-order chi connectivity index (χ0) is 12.1. The second kappa shape index (κ2) is 5.86. The summed E-state index contributed by atoms with van der Waals surface area (Å²) in [5.41, 5.74) is 5.27. The van der Waals surface area contributed by atoms with Gasteiger partial charge in [-0.2, -0.15) is 5.26 Å². The first-order valence-corrected chi connectivity index (χ1v) is 5.94. The number of carbonyl (C=O) groups excluding carboxylic acids is 1. The average Bonchev–Trinajstić information content (AvgIpc) is 2.64. The number of nitrogens with zero attached hydrogens (tertiary/aromatic N) is 2. The molecule has 1 aliphatic heterocycles. The third kappa shape index (κ3) is 3.82. The molecule has 2 atom stereocenters. The van der Waals surface area contributed by atoms with E-state index in [4.69, 9.17) is 11.0 Å². The lowest BCUT2D eigenvalue weighted by atomic mass is 9.98. The monoisotopic (exact) mass is 223 g/mol. The second-order valence-corrected chi connectivity index (χ2v) is 5.10. The second-order valence-electron chi connectivity index (χ2n) is 5.10. The number of amides is 1. The number of hydrogen-bond donors (Lipinski definition) is 1. The molecule has 0 spiro atoms. The average molecular weight is 223 g/mol. The first-order chi connectivity index (χ1) is 7.52. The molecule has 2 N–H and O–H groups in total. The number of likely N-dealkylation sites (tertiary alicyclic amines) is 1. The number of rotatable bonds is 5. The third-order valence-electron chi connectivity index (χ3n) is 3.09. The molecule has 16 heavy (non-hydrogen) atoms. The van der Waals surface area contributed by atoms with Crippen LogP contribution in [0.5, 0.6) is 0 Å². The molecule has 1 rings (SSSR count). The molecule has 4 nitrogen and oxygen atoms in total. The molecular formula is C12H21N3O. The van der Waals surface area contributed by atoms with E-state index in [-0.39, 0.29) is 17.7 Å². The van der Waals surface area contributed by atoms with Gasteiger partial charge >= 0.3 is 0 Å². The highest BCUT2D eigenvalue weighted by atomic mass is 16.1. The van der Waals surface area contributed by atoms with E-state index in [0.717, 1.165) is 32.5 Å². The molecule has 90 valence electrons. The Bertz CT molecular complexity index is 282. The van der Waals surface area contributed by atoms with Crippen molar-refractivity contribution in [1.82, 2.24) is 4.90 Å². The van der Waals surface area contributed by atoms with Gasteiger partial charge in [0, 0.05) is 13.1 Å². The normalized spacial score (nSPS) is 23.2. The summed E-state index contributed by atoms with van der Waals surface area (Å²) in [5, 5.41) is 9.04. The fourth-order valence-electron chi connectivity index (χ4n) is 2.28. The standard InChI is InChI=1S/C12H21N3O/c1-9(2)5-10(6-13)7-15-4-3-11(8-15)12(14)16/h9-11H,3-5,7-8H2,1-2H3,(H2,14,16)/t10-,11-/m1/s1. The molecule has 0 aliphatic carbocycles. The van der Waals surface area contributed by atoms with Gasteiger partial charge in [-0.15, -0.1) is 0 Å². The van der Waals surface area contributed by atoms with E-state index in [0.29, 0.717) is 5.92 Å². The van der Waals surface area contributed by atoms with Gasteiger partial charge in [0.15, 0.2) is 0 Å². The summed E-state index contributed by atoms with van der Waals surface area (Å²) in [6.07, 6.45) is 1.77. The van der Waals surface area contributed by atoms with Crippen molar-refractivity contribution in [3.8, 4) is 6.07 Å². The van der Waals surface area contributed by atoms with Crippen molar-refractivity contribution in [2.45, 2.75) is 26.7 Å². The van der Waals surface area contributed by atoms with E-state index in [1.165, 1.54) is 0 Å². The number of nitriles is 1. The van der Waals surface area contributed by atoms with Gasteiger partial charge in [-0.3, -0.25) is 4.79 Å². The minimum absolute atomic E-state index is 0.0154. The topological polar surface area (TPSA) is 70.1 Å². The van der Waals surface area contributed by atoms with Crippen LogP contribution in [0.1, 0.15) is 26.7 Å². The van der Waals surface area contributed by atoms with E-state index >= 15 is 0 Å². The Morgan fingerprint density at radius 3 is 2.75 bits per heavy atom. The SMILES string of the molecule is CC(C)C[C@H](C#N)CN1CC[C@@H](C(N)=O)C1. The molecule has 0 bridgehead atoms. The summed E-state index contributed by atoms with van der Waals surface area (Å²) >= 11 is 0. The summed E-state index contributed by atoms with van der Waals surface area (Å²) in [6.45, 7) is 6.65. The fraction of sp³-hybridized carbons (Fsp3) is 0.833. The quantitative estimate of drug-likeness (QED) is 0.755. The molecule has 0 radical (unpaired) electrons. The number of hydrogen-bond acceptors (Lipinski definition) is 3. The van der Waals surface area contributed by atoms with Crippen LogP contribution >= 0.6 is 0 Å². The van der Waals surface area contributed by atoms with Crippen LogP contribution < -0.4 is 5.73 Å². The minimum Gasteiger partial charge on any atom is -0.369 e. The number of primary amides is 1. The lowest BCUT2D eigenvalue weighted by Crippen LogP contribution is -2.30. The smallest absolute Gasteiger partial charge is 0.221 e. The molecule has 4 heteroatoms. The Morgan fingerprint density at radius 1 is 1.62 bits per heavy atom. The Hall–Kier alpha value is -1.08. The Labute approximate surface area is 97.4 Å². The zero-order valence-corrected chi connectivity index (χ0v) is 10.1. The third-order valence-corrected chi connectivity index (χ3v) is 3.09. The van der Waals surface area contributed by atoms with Crippen LogP contribution in [0.2, 0.25) is 0 Å². The summed E-state index contributed by atoms with van der Waals surface area (Å²) in [6, 6.07) is 2.35. The lowest BCUT2D eigenvalue weighted by molar-refractivity contribution is -0.121. The Morgan fingerprint density at radius 2 is 2.31 bits per heavy atom. The van der Waals surface area contributed by atoms with E-state index in [1.54, 1.807) is 0 Å². The van der Waals surface area contributed by atoms with Gasteiger partial charge in [-0.1, -0.05) is 13.8 Å². The molecule has 0 saturated carbocycles. The van der Waals surface area contributed by atoms with Crippen molar-refractivity contribution < 1.29 is 4.79 Å². The number of carbonyl (C=O) groups is 1. The maximum Gasteiger partial charge on any atom is 0.221 e. The Kier molecular flexibility index (Phi) is 4.75. The molecule has 1 amide bonds. The molecule has 1 heterocycles. The van der Waals surface area contributed by atoms with Crippen molar-refractivity contribution >= 4 is 5.91 Å². The Balaban J connectivity index is 2.38. The van der Waals surface area contributed by atoms with Gasteiger partial charge in [-0.05, 0) is 25.3 Å². The van der Waals surface area contributed by atoms with Gasteiger partial charge < -0.3 is 10.6 Å². The van der Waals surface area contributed by atoms with Crippen LogP contribution in [-0.4, -0.2) is 30.4 Å². The first-order valence-electron chi connectivity index (χ1n) is 5.94. The van der Waals surface area contributed by atoms with Crippen molar-refractivity contribution in [3.05, 3.63) is 0 Å². The maximum absolute atomic E-state index is 11.0. The van der Waals surface area contributed by atoms with Crippen LogP contribution in [0.15, 0.2) is 0 Å². The molecule has 0 aromatic rings. The summed E-state index contributed by atoms with van der Waals surface area (Å²) in [7, 11) is 0. The van der Waals surface area contributed by atoms with Gasteiger partial charge in [0.25, 0.3) is 0 Å². The van der Waals surface area contributed by atoms with Crippen LogP contribution in [0.4, 0.5) is 0 Å². The van der Waals surface area contributed by atoms with E-state index in [2.05, 4.69) is 24.8 Å². The van der Waals surface area contributed by atoms with E-state index in [1.807, 2.05) is 0 Å². The molecule has 1 fully saturated rings. The highest BCUT2D eigenvalue weighted by molar-refractivity contribution is 5.77. The van der Waals surface area contributed by atoms with Crippen molar-refractivity contribution in [2.24, 2.45) is 23.5 Å². The van der Waals surface area contributed by atoms with Gasteiger partial charge in [0.05, 0.1) is 17.9 Å². The van der Waals surface area contributed by atoms with Crippen molar-refractivity contribution in [3.63, 3.8) is 0 Å². The van der Waals surface area contributed by atoms with Crippen LogP contribution in [0.25, 0.3) is 0 Å². The first kappa shape index (κ1) is 13.0. The maximum atomic E-state index is 11.0. The highest BCUT2D eigenvalue weighted by Gasteiger charge is 2.28. The number of nitrogens with two attached hydrogens (primary N) is 1. The van der Waals surface area contributed by atoms with E-state index in [9.17, 15) is 4.79 Å². The van der Waals surface area contributed by atoms with Gasteiger partial charge in [-0.25, -0.2) is 0 Å². The lowest BCUT2D eigenvalue weighted by Gasteiger charge is -2.20. The van der Waals surface area contributed by atoms with Gasteiger partial charge in [0.2, 0.25) is 5.91 Å². The van der Waals surface area contributed by atoms with Crippen molar-refractivity contribution in [2.75, 3.05) is 19.6 Å². The van der Waals surface area contributed by atoms with Gasteiger partial charge in [0.1, 0.15) is 0 Å². The molecule has 0 unspecified atom stereocenters. The van der Waals surface area contributed by atoms with Crippen LogP contribution in [-0.2, 0) is 4.79 Å². The minimum atomic E-state index is -0.208. The summed E-state index contributed by atoms with van der Waals surface area (Å²) in [5.74, 6) is 0.393.